The van der Waals surface area contributed by atoms with E-state index in [1.807, 2.05) is 17.3 Å². The molecular weight excluding hydrogens is 237 g/mol. The lowest BCUT2D eigenvalue weighted by Crippen LogP contribution is -2.18. The molecule has 3 nitrogen and oxygen atoms in total. The molecule has 0 aliphatic heterocycles. The third-order valence-electron chi connectivity index (χ3n) is 2.46. The van der Waals surface area contributed by atoms with Gasteiger partial charge in [-0.05, 0) is 13.1 Å². The topological polar surface area (TPSA) is 42.2 Å². The van der Waals surface area contributed by atoms with Crippen LogP contribution in [-0.4, -0.2) is 16.9 Å². The Bertz CT molecular complexity index is 485. The van der Waals surface area contributed by atoms with Crippen molar-refractivity contribution in [1.82, 2.24) is 9.88 Å². The van der Waals surface area contributed by atoms with Crippen molar-refractivity contribution in [1.29, 1.82) is 0 Å². The molecule has 0 unspecified atom stereocenters. The van der Waals surface area contributed by atoms with E-state index in [0.717, 1.165) is 5.69 Å². The smallest absolute Gasteiger partial charge is 0.150 e. The van der Waals surface area contributed by atoms with Crippen LogP contribution in [-0.2, 0) is 13.1 Å². The lowest BCUT2D eigenvalue weighted by Gasteiger charge is -2.16. The monoisotopic (exact) mass is 251 g/mol. The van der Waals surface area contributed by atoms with Crippen LogP contribution in [0.2, 0.25) is 0 Å². The average molecular weight is 251 g/mol. The zero-order valence-electron chi connectivity index (χ0n) is 9.56. The lowest BCUT2D eigenvalue weighted by molar-refractivity contribution is 0.310. The second-order valence-corrected chi connectivity index (χ2v) is 4.69. The molecule has 0 fully saturated rings. The van der Waals surface area contributed by atoms with Crippen molar-refractivity contribution in [2.45, 2.75) is 13.1 Å². The lowest BCUT2D eigenvalue weighted by atomic mass is 10.1. The number of nitrogens with zero attached hydrogens (tertiary/aromatic N) is 2. The van der Waals surface area contributed by atoms with Gasteiger partial charge in [0.15, 0.2) is 5.82 Å². The maximum atomic E-state index is 13.7. The first-order valence-electron chi connectivity index (χ1n) is 5.25. The van der Waals surface area contributed by atoms with Gasteiger partial charge in [0.1, 0.15) is 0 Å². The van der Waals surface area contributed by atoms with Crippen LogP contribution in [0, 0.1) is 5.82 Å². The predicted octanol–water partition coefficient (Wildman–Crippen LogP) is 2.50. The number of benzene rings is 1. The molecular formula is C12H14FN3S. The number of nitrogen functional groups attached to an aromatic ring is 1. The second-order valence-electron chi connectivity index (χ2n) is 3.97. The van der Waals surface area contributed by atoms with Crippen LogP contribution in [0.25, 0.3) is 0 Å². The summed E-state index contributed by atoms with van der Waals surface area (Å²) in [6, 6.07) is 5.09. The number of rotatable bonds is 4. The van der Waals surface area contributed by atoms with Crippen molar-refractivity contribution in [3.8, 4) is 0 Å². The number of nitrogens with two attached hydrogens (primary N) is 1. The van der Waals surface area contributed by atoms with Crippen LogP contribution in [0.15, 0.2) is 29.1 Å². The molecule has 1 aromatic heterocycles. The molecule has 2 aromatic rings. The van der Waals surface area contributed by atoms with E-state index in [2.05, 4.69) is 4.98 Å². The van der Waals surface area contributed by atoms with Gasteiger partial charge < -0.3 is 5.73 Å². The Hall–Kier alpha value is -1.46. The van der Waals surface area contributed by atoms with Gasteiger partial charge >= 0.3 is 0 Å². The van der Waals surface area contributed by atoms with Gasteiger partial charge in [0.05, 0.1) is 16.9 Å². The first-order valence-corrected chi connectivity index (χ1v) is 6.19. The molecule has 0 saturated heterocycles. The molecule has 1 heterocycles. The van der Waals surface area contributed by atoms with Gasteiger partial charge in [-0.1, -0.05) is 12.1 Å². The molecule has 0 saturated carbocycles. The van der Waals surface area contributed by atoms with Gasteiger partial charge in [-0.25, -0.2) is 9.37 Å². The highest BCUT2D eigenvalue weighted by Crippen LogP contribution is 2.16. The van der Waals surface area contributed by atoms with E-state index in [0.29, 0.717) is 18.7 Å². The highest BCUT2D eigenvalue weighted by Gasteiger charge is 2.09. The standard InChI is InChI=1S/C12H14FN3S/c1-16(6-10-7-17-8-15-10)5-9-3-2-4-11(14)12(9)13/h2-4,7-8H,5-6,14H2,1H3. The van der Waals surface area contributed by atoms with E-state index < -0.39 is 0 Å². The summed E-state index contributed by atoms with van der Waals surface area (Å²) in [5, 5.41) is 1.99. The number of halogens is 1. The number of aromatic nitrogens is 1. The average Bonchev–Trinajstić information content (AvgIpc) is 2.77. The highest BCUT2D eigenvalue weighted by atomic mass is 32.1. The van der Waals surface area contributed by atoms with Crippen LogP contribution in [0.1, 0.15) is 11.3 Å². The van der Waals surface area contributed by atoms with Crippen molar-refractivity contribution in [2.24, 2.45) is 0 Å². The Labute approximate surface area is 104 Å². The molecule has 0 aliphatic rings. The Balaban J connectivity index is 2.03. The summed E-state index contributed by atoms with van der Waals surface area (Å²) in [6.45, 7) is 1.23. The zero-order valence-corrected chi connectivity index (χ0v) is 10.4. The van der Waals surface area contributed by atoms with Crippen molar-refractivity contribution in [3.63, 3.8) is 0 Å². The SMILES string of the molecule is CN(Cc1cscn1)Cc1cccc(N)c1F. The summed E-state index contributed by atoms with van der Waals surface area (Å²) in [4.78, 5) is 6.20. The minimum absolute atomic E-state index is 0.199. The van der Waals surface area contributed by atoms with Gasteiger partial charge in [-0.15, -0.1) is 11.3 Å². The maximum absolute atomic E-state index is 13.7. The van der Waals surface area contributed by atoms with E-state index in [1.165, 1.54) is 0 Å². The molecule has 1 aromatic carbocycles. The van der Waals surface area contributed by atoms with Crippen molar-refractivity contribution in [2.75, 3.05) is 12.8 Å². The van der Waals surface area contributed by atoms with Crippen molar-refractivity contribution in [3.05, 3.63) is 46.2 Å². The quantitative estimate of drug-likeness (QED) is 0.849. The van der Waals surface area contributed by atoms with Crippen molar-refractivity contribution < 1.29 is 4.39 Å². The molecule has 17 heavy (non-hydrogen) atoms. The first-order chi connectivity index (χ1) is 8.16. The van der Waals surface area contributed by atoms with E-state index in [9.17, 15) is 4.39 Å². The fraction of sp³-hybridized carbons (Fsp3) is 0.250. The predicted molar refractivity (Wildman–Crippen MR) is 68.1 cm³/mol. The summed E-state index contributed by atoms with van der Waals surface area (Å²) in [5.74, 6) is -0.322. The summed E-state index contributed by atoms with van der Waals surface area (Å²) in [5.41, 5.74) is 9.14. The Morgan fingerprint density at radius 2 is 2.24 bits per heavy atom. The maximum Gasteiger partial charge on any atom is 0.150 e. The van der Waals surface area contributed by atoms with Gasteiger partial charge in [0.2, 0.25) is 0 Å². The fourth-order valence-corrected chi connectivity index (χ4v) is 2.21. The zero-order chi connectivity index (χ0) is 12.3. The summed E-state index contributed by atoms with van der Waals surface area (Å²) < 4.78 is 13.7. The molecule has 5 heteroatoms. The van der Waals surface area contributed by atoms with Crippen LogP contribution in [0.3, 0.4) is 0 Å². The van der Waals surface area contributed by atoms with E-state index in [4.69, 9.17) is 5.73 Å². The Morgan fingerprint density at radius 1 is 1.41 bits per heavy atom. The molecule has 0 radical (unpaired) electrons. The van der Waals surface area contributed by atoms with Gasteiger partial charge in [-0.2, -0.15) is 0 Å². The van der Waals surface area contributed by atoms with Crippen LogP contribution < -0.4 is 5.73 Å². The van der Waals surface area contributed by atoms with Gasteiger partial charge in [0.25, 0.3) is 0 Å². The van der Waals surface area contributed by atoms with Crippen LogP contribution >= 0.6 is 11.3 Å². The molecule has 0 bridgehead atoms. The largest absolute Gasteiger partial charge is 0.396 e. The molecule has 90 valence electrons. The first kappa shape index (κ1) is 12.0. The minimum Gasteiger partial charge on any atom is -0.396 e. The number of anilines is 1. The molecule has 0 aliphatic carbocycles. The van der Waals surface area contributed by atoms with Crippen molar-refractivity contribution >= 4 is 17.0 Å². The second kappa shape index (κ2) is 5.25. The summed E-state index contributed by atoms with van der Waals surface area (Å²) in [7, 11) is 1.93. The molecule has 2 rings (SSSR count). The highest BCUT2D eigenvalue weighted by molar-refractivity contribution is 7.07. The van der Waals surface area contributed by atoms with E-state index in [-0.39, 0.29) is 11.5 Å². The molecule has 2 N–H and O–H groups in total. The van der Waals surface area contributed by atoms with Crippen LogP contribution in [0.4, 0.5) is 10.1 Å². The summed E-state index contributed by atoms with van der Waals surface area (Å²) >= 11 is 1.56. The van der Waals surface area contributed by atoms with E-state index in [1.54, 1.807) is 35.0 Å². The van der Waals surface area contributed by atoms with Gasteiger partial charge in [0, 0.05) is 24.0 Å². The molecule has 0 amide bonds. The third-order valence-corrected chi connectivity index (χ3v) is 3.10. The number of hydrogen-bond donors (Lipinski definition) is 1. The Kier molecular flexibility index (Phi) is 3.71. The van der Waals surface area contributed by atoms with Crippen LogP contribution in [0.5, 0.6) is 0 Å². The van der Waals surface area contributed by atoms with Gasteiger partial charge in [-0.3, -0.25) is 4.90 Å². The third kappa shape index (κ3) is 3.01. The summed E-state index contributed by atoms with van der Waals surface area (Å²) in [6.07, 6.45) is 0. The Morgan fingerprint density at radius 3 is 2.94 bits per heavy atom. The molecule has 0 spiro atoms. The number of thiazole rings is 1. The fourth-order valence-electron chi connectivity index (χ4n) is 1.66. The van der Waals surface area contributed by atoms with E-state index >= 15 is 0 Å². The minimum atomic E-state index is -0.322. The number of hydrogen-bond acceptors (Lipinski definition) is 4. The normalized spacial score (nSPS) is 11.0. The molecule has 0 atom stereocenters.